The molecule has 0 saturated heterocycles. The molecule has 1 aromatic rings. The second kappa shape index (κ2) is 4.42. The van der Waals surface area contributed by atoms with E-state index in [1.807, 2.05) is 0 Å². The number of halogens is 4. The summed E-state index contributed by atoms with van der Waals surface area (Å²) in [6, 6.07) is 5.28. The molecule has 0 unspecified atom stereocenters. The molecule has 0 heterocycles. The standard InChI is InChI=1S/C10H8F4O/c11-9-4-2-1-3-7(9)5-8(15)6-10(12,13)14/h1-4H,5-6H2. The van der Waals surface area contributed by atoms with Crippen LogP contribution in [0, 0.1) is 5.82 Å². The zero-order chi connectivity index (χ0) is 11.5. The van der Waals surface area contributed by atoms with Crippen LogP contribution in [-0.4, -0.2) is 12.0 Å². The Balaban J connectivity index is 2.64. The molecule has 1 aromatic carbocycles. The van der Waals surface area contributed by atoms with E-state index in [2.05, 4.69) is 0 Å². The topological polar surface area (TPSA) is 17.1 Å². The number of hydrogen-bond donors (Lipinski definition) is 0. The zero-order valence-electron chi connectivity index (χ0n) is 7.64. The first kappa shape index (κ1) is 11.7. The van der Waals surface area contributed by atoms with Crippen LogP contribution in [-0.2, 0) is 11.2 Å². The summed E-state index contributed by atoms with van der Waals surface area (Å²) in [5, 5.41) is 0. The lowest BCUT2D eigenvalue weighted by molar-refractivity contribution is -0.151. The van der Waals surface area contributed by atoms with Gasteiger partial charge in [0.1, 0.15) is 18.0 Å². The first-order valence-electron chi connectivity index (χ1n) is 4.20. The molecule has 0 aliphatic carbocycles. The molecule has 0 fully saturated rings. The normalized spacial score (nSPS) is 11.5. The number of Topliss-reactive ketones (excluding diaryl/α,β-unsaturated/α-hetero) is 1. The third kappa shape index (κ3) is 4.10. The Morgan fingerprint density at radius 3 is 2.33 bits per heavy atom. The molecule has 0 atom stereocenters. The summed E-state index contributed by atoms with van der Waals surface area (Å²) in [5.74, 6) is -1.69. The molecule has 0 radical (unpaired) electrons. The van der Waals surface area contributed by atoms with Gasteiger partial charge in [-0.1, -0.05) is 18.2 Å². The minimum atomic E-state index is -4.53. The van der Waals surface area contributed by atoms with E-state index in [1.165, 1.54) is 18.2 Å². The molecule has 0 aliphatic heterocycles. The molecule has 82 valence electrons. The number of hydrogen-bond acceptors (Lipinski definition) is 1. The van der Waals surface area contributed by atoms with Crippen LogP contribution in [0.5, 0.6) is 0 Å². The Morgan fingerprint density at radius 1 is 1.20 bits per heavy atom. The third-order valence-electron chi connectivity index (χ3n) is 1.74. The second-order valence-electron chi connectivity index (χ2n) is 3.10. The van der Waals surface area contributed by atoms with E-state index in [0.29, 0.717) is 0 Å². The van der Waals surface area contributed by atoms with E-state index < -0.39 is 30.6 Å². The van der Waals surface area contributed by atoms with E-state index in [9.17, 15) is 22.4 Å². The molecule has 0 N–H and O–H groups in total. The number of carbonyl (C=O) groups excluding carboxylic acids is 1. The minimum absolute atomic E-state index is 0.00764. The Hall–Kier alpha value is -1.39. The van der Waals surface area contributed by atoms with Gasteiger partial charge in [0, 0.05) is 6.42 Å². The second-order valence-corrected chi connectivity index (χ2v) is 3.10. The lowest BCUT2D eigenvalue weighted by Gasteiger charge is -2.05. The minimum Gasteiger partial charge on any atom is -0.299 e. The number of ketones is 1. The summed E-state index contributed by atoms with van der Waals surface area (Å²) in [4.78, 5) is 10.9. The fourth-order valence-electron chi connectivity index (χ4n) is 1.14. The number of benzene rings is 1. The molecular formula is C10H8F4O. The smallest absolute Gasteiger partial charge is 0.299 e. The van der Waals surface area contributed by atoms with Crippen molar-refractivity contribution in [3.05, 3.63) is 35.6 Å². The first-order valence-corrected chi connectivity index (χ1v) is 4.20. The Bertz CT molecular complexity index is 357. The zero-order valence-corrected chi connectivity index (χ0v) is 7.64. The SMILES string of the molecule is O=C(Cc1ccccc1F)CC(F)(F)F. The lowest BCUT2D eigenvalue weighted by atomic mass is 10.1. The molecule has 5 heteroatoms. The average Bonchev–Trinajstić information content (AvgIpc) is 2.05. The van der Waals surface area contributed by atoms with Crippen LogP contribution < -0.4 is 0 Å². The lowest BCUT2D eigenvalue weighted by Crippen LogP contribution is -2.16. The molecule has 1 rings (SSSR count). The van der Waals surface area contributed by atoms with Crippen molar-refractivity contribution in [2.75, 3.05) is 0 Å². The summed E-state index contributed by atoms with van der Waals surface area (Å²) in [5.41, 5.74) is -0.00764. The fraction of sp³-hybridized carbons (Fsp3) is 0.300. The predicted molar refractivity (Wildman–Crippen MR) is 45.8 cm³/mol. The largest absolute Gasteiger partial charge is 0.395 e. The molecule has 0 aromatic heterocycles. The quantitative estimate of drug-likeness (QED) is 0.716. The summed E-state index contributed by atoms with van der Waals surface area (Å²) in [6.45, 7) is 0. The predicted octanol–water partition coefficient (Wildman–Crippen LogP) is 2.89. The summed E-state index contributed by atoms with van der Waals surface area (Å²) < 4.78 is 48.3. The van der Waals surface area contributed by atoms with Gasteiger partial charge in [-0.25, -0.2) is 4.39 Å². The summed E-state index contributed by atoms with van der Waals surface area (Å²) in [7, 11) is 0. The van der Waals surface area contributed by atoms with Crippen molar-refractivity contribution in [1.82, 2.24) is 0 Å². The van der Waals surface area contributed by atoms with E-state index in [1.54, 1.807) is 0 Å². The Morgan fingerprint density at radius 2 is 1.80 bits per heavy atom. The van der Waals surface area contributed by atoms with Gasteiger partial charge in [0.2, 0.25) is 0 Å². The molecule has 0 aliphatic rings. The van der Waals surface area contributed by atoms with Gasteiger partial charge in [0.05, 0.1) is 0 Å². The molecule has 0 bridgehead atoms. The maximum atomic E-state index is 12.9. The highest BCUT2D eigenvalue weighted by molar-refractivity contribution is 5.81. The van der Waals surface area contributed by atoms with Gasteiger partial charge in [-0.2, -0.15) is 13.2 Å². The van der Waals surface area contributed by atoms with E-state index in [4.69, 9.17) is 0 Å². The van der Waals surface area contributed by atoms with Gasteiger partial charge in [0.15, 0.2) is 0 Å². The number of alkyl halides is 3. The highest BCUT2D eigenvalue weighted by Crippen LogP contribution is 2.21. The Kier molecular flexibility index (Phi) is 3.44. The maximum Gasteiger partial charge on any atom is 0.395 e. The van der Waals surface area contributed by atoms with Crippen molar-refractivity contribution in [3.63, 3.8) is 0 Å². The maximum absolute atomic E-state index is 12.9. The van der Waals surface area contributed by atoms with Crippen LogP contribution in [0.1, 0.15) is 12.0 Å². The van der Waals surface area contributed by atoms with Gasteiger partial charge in [-0.05, 0) is 11.6 Å². The monoisotopic (exact) mass is 220 g/mol. The van der Waals surface area contributed by atoms with Crippen molar-refractivity contribution < 1.29 is 22.4 Å². The highest BCUT2D eigenvalue weighted by Gasteiger charge is 2.31. The van der Waals surface area contributed by atoms with Gasteiger partial charge in [0.25, 0.3) is 0 Å². The van der Waals surface area contributed by atoms with Crippen molar-refractivity contribution >= 4 is 5.78 Å². The first-order chi connectivity index (χ1) is 6.88. The van der Waals surface area contributed by atoms with E-state index in [0.717, 1.165) is 6.07 Å². The van der Waals surface area contributed by atoms with Crippen LogP contribution in [0.2, 0.25) is 0 Å². The summed E-state index contributed by atoms with van der Waals surface area (Å²) >= 11 is 0. The van der Waals surface area contributed by atoms with E-state index >= 15 is 0 Å². The van der Waals surface area contributed by atoms with Crippen LogP contribution in [0.25, 0.3) is 0 Å². The van der Waals surface area contributed by atoms with Gasteiger partial charge < -0.3 is 0 Å². The Labute approximate surface area is 83.7 Å². The van der Waals surface area contributed by atoms with E-state index in [-0.39, 0.29) is 5.56 Å². The third-order valence-corrected chi connectivity index (χ3v) is 1.74. The molecule has 15 heavy (non-hydrogen) atoms. The molecule has 0 spiro atoms. The van der Waals surface area contributed by atoms with Gasteiger partial charge in [-0.15, -0.1) is 0 Å². The molecular weight excluding hydrogens is 212 g/mol. The van der Waals surface area contributed by atoms with Crippen LogP contribution in [0.4, 0.5) is 17.6 Å². The highest BCUT2D eigenvalue weighted by atomic mass is 19.4. The van der Waals surface area contributed by atoms with Crippen LogP contribution in [0.3, 0.4) is 0 Å². The molecule has 0 amide bonds. The molecule has 1 nitrogen and oxygen atoms in total. The van der Waals surface area contributed by atoms with Crippen molar-refractivity contribution in [3.8, 4) is 0 Å². The van der Waals surface area contributed by atoms with Crippen molar-refractivity contribution in [1.29, 1.82) is 0 Å². The van der Waals surface area contributed by atoms with Gasteiger partial charge >= 0.3 is 6.18 Å². The summed E-state index contributed by atoms with van der Waals surface area (Å²) in [6.07, 6.45) is -6.56. The van der Waals surface area contributed by atoms with Crippen LogP contribution in [0.15, 0.2) is 24.3 Å². The van der Waals surface area contributed by atoms with Crippen molar-refractivity contribution in [2.45, 2.75) is 19.0 Å². The van der Waals surface area contributed by atoms with Crippen molar-refractivity contribution in [2.24, 2.45) is 0 Å². The van der Waals surface area contributed by atoms with Crippen LogP contribution >= 0.6 is 0 Å². The number of carbonyl (C=O) groups is 1. The molecule has 0 saturated carbocycles. The average molecular weight is 220 g/mol. The number of rotatable bonds is 3. The van der Waals surface area contributed by atoms with Gasteiger partial charge in [-0.3, -0.25) is 4.79 Å². The fourth-order valence-corrected chi connectivity index (χ4v) is 1.14.